The molecule has 0 fully saturated rings. The molecule has 30 heavy (non-hydrogen) atoms. The molecule has 0 radical (unpaired) electrons. The average molecular weight is 399 g/mol. The maximum atomic E-state index is 11.3. The molecular formula is C23H17N3O4. The average Bonchev–Trinajstić information content (AvgIpc) is 3.41. The van der Waals surface area contributed by atoms with E-state index in [0.717, 1.165) is 33.6 Å². The third-order valence-electron chi connectivity index (χ3n) is 5.10. The van der Waals surface area contributed by atoms with Crippen molar-refractivity contribution in [1.82, 2.24) is 9.97 Å². The fraction of sp³-hybridized carbons (Fsp3) is 0.0870. The van der Waals surface area contributed by atoms with Gasteiger partial charge in [0.05, 0.1) is 16.3 Å². The minimum atomic E-state index is -0.389. The lowest BCUT2D eigenvalue weighted by Crippen LogP contribution is -1.92. The van der Waals surface area contributed by atoms with E-state index in [2.05, 4.69) is 4.98 Å². The third kappa shape index (κ3) is 3.06. The number of imidazole rings is 1. The molecule has 0 atom stereocenters. The SMILES string of the molecule is Cc1ccc([N+](=O)[O-])cc1-c1[nH]c(-c2ccc3c(c2)OCO3)nc1-c1ccccc1. The fourth-order valence-electron chi connectivity index (χ4n) is 3.55. The van der Waals surface area contributed by atoms with Crippen LogP contribution < -0.4 is 9.47 Å². The highest BCUT2D eigenvalue weighted by molar-refractivity contribution is 5.83. The molecule has 7 nitrogen and oxygen atoms in total. The number of rotatable bonds is 4. The van der Waals surface area contributed by atoms with Gasteiger partial charge in [0.15, 0.2) is 11.5 Å². The molecule has 4 aromatic rings. The molecule has 1 aliphatic rings. The fourth-order valence-corrected chi connectivity index (χ4v) is 3.55. The molecule has 0 amide bonds. The van der Waals surface area contributed by atoms with Crippen LogP contribution in [0.3, 0.4) is 0 Å². The summed E-state index contributed by atoms with van der Waals surface area (Å²) >= 11 is 0. The lowest BCUT2D eigenvalue weighted by atomic mass is 10.0. The number of fused-ring (bicyclic) bond motifs is 1. The molecule has 0 saturated carbocycles. The molecule has 1 aromatic heterocycles. The van der Waals surface area contributed by atoms with Crippen molar-refractivity contribution in [2.24, 2.45) is 0 Å². The summed E-state index contributed by atoms with van der Waals surface area (Å²) in [7, 11) is 0. The summed E-state index contributed by atoms with van der Waals surface area (Å²) in [5, 5.41) is 11.3. The van der Waals surface area contributed by atoms with Crippen molar-refractivity contribution < 1.29 is 14.4 Å². The van der Waals surface area contributed by atoms with Crippen LogP contribution in [0.1, 0.15) is 5.56 Å². The molecule has 148 valence electrons. The summed E-state index contributed by atoms with van der Waals surface area (Å²) in [6, 6.07) is 20.2. The van der Waals surface area contributed by atoms with Crippen LogP contribution in [0.5, 0.6) is 11.5 Å². The van der Waals surface area contributed by atoms with Crippen LogP contribution in [0.2, 0.25) is 0 Å². The third-order valence-corrected chi connectivity index (χ3v) is 5.10. The van der Waals surface area contributed by atoms with Crippen molar-refractivity contribution >= 4 is 5.69 Å². The molecule has 5 rings (SSSR count). The van der Waals surface area contributed by atoms with Crippen LogP contribution >= 0.6 is 0 Å². The van der Waals surface area contributed by atoms with E-state index in [1.807, 2.05) is 55.5 Å². The zero-order chi connectivity index (χ0) is 20.7. The highest BCUT2D eigenvalue weighted by Crippen LogP contribution is 2.39. The molecule has 0 aliphatic carbocycles. The summed E-state index contributed by atoms with van der Waals surface area (Å²) in [5.74, 6) is 2.01. The number of nitrogens with zero attached hydrogens (tertiary/aromatic N) is 2. The maximum absolute atomic E-state index is 11.3. The van der Waals surface area contributed by atoms with Gasteiger partial charge in [0.2, 0.25) is 6.79 Å². The molecule has 1 N–H and O–H groups in total. The van der Waals surface area contributed by atoms with Gasteiger partial charge in [-0.1, -0.05) is 36.4 Å². The van der Waals surface area contributed by atoms with Crippen molar-refractivity contribution in [3.05, 3.63) is 82.4 Å². The van der Waals surface area contributed by atoms with E-state index < -0.39 is 0 Å². The first kappa shape index (κ1) is 17.9. The second-order valence-corrected chi connectivity index (χ2v) is 7.00. The Hall–Kier alpha value is -4.13. The summed E-state index contributed by atoms with van der Waals surface area (Å²) in [5.41, 5.74) is 4.91. The van der Waals surface area contributed by atoms with E-state index in [4.69, 9.17) is 14.5 Å². The molecule has 0 unspecified atom stereocenters. The van der Waals surface area contributed by atoms with Crippen LogP contribution in [-0.2, 0) is 0 Å². The second kappa shape index (κ2) is 7.04. The van der Waals surface area contributed by atoms with Crippen molar-refractivity contribution in [3.63, 3.8) is 0 Å². The van der Waals surface area contributed by atoms with Crippen LogP contribution in [0.4, 0.5) is 5.69 Å². The van der Waals surface area contributed by atoms with Gasteiger partial charge in [-0.05, 0) is 30.7 Å². The molecule has 1 aliphatic heterocycles. The standard InChI is InChI=1S/C23H17N3O4/c1-14-7-9-17(26(27)28)12-18(14)22-21(15-5-3-2-4-6-15)24-23(25-22)16-8-10-19-20(11-16)30-13-29-19/h2-12H,13H2,1H3,(H,24,25). The van der Waals surface area contributed by atoms with Gasteiger partial charge in [0.1, 0.15) is 5.82 Å². The van der Waals surface area contributed by atoms with Crippen LogP contribution in [0, 0.1) is 17.0 Å². The van der Waals surface area contributed by atoms with Gasteiger partial charge in [-0.15, -0.1) is 0 Å². The lowest BCUT2D eigenvalue weighted by molar-refractivity contribution is -0.384. The number of H-pyrrole nitrogens is 1. The predicted octanol–water partition coefficient (Wildman–Crippen LogP) is 5.36. The first-order chi connectivity index (χ1) is 14.6. The molecule has 2 heterocycles. The Morgan fingerprint density at radius 2 is 1.77 bits per heavy atom. The largest absolute Gasteiger partial charge is 0.454 e. The molecule has 0 bridgehead atoms. The number of hydrogen-bond acceptors (Lipinski definition) is 5. The van der Waals surface area contributed by atoms with Crippen LogP contribution in [0.15, 0.2) is 66.7 Å². The van der Waals surface area contributed by atoms with Crippen LogP contribution in [0.25, 0.3) is 33.9 Å². The van der Waals surface area contributed by atoms with E-state index in [1.54, 1.807) is 12.1 Å². The smallest absolute Gasteiger partial charge is 0.270 e. The number of aromatic amines is 1. The number of nitrogens with one attached hydrogen (secondary N) is 1. The van der Waals surface area contributed by atoms with Crippen molar-refractivity contribution in [3.8, 4) is 45.4 Å². The number of aromatic nitrogens is 2. The zero-order valence-electron chi connectivity index (χ0n) is 16.1. The van der Waals surface area contributed by atoms with E-state index in [9.17, 15) is 10.1 Å². The first-order valence-corrected chi connectivity index (χ1v) is 9.41. The van der Waals surface area contributed by atoms with E-state index >= 15 is 0 Å². The van der Waals surface area contributed by atoms with E-state index in [0.29, 0.717) is 17.3 Å². The number of aryl methyl sites for hydroxylation is 1. The van der Waals surface area contributed by atoms with E-state index in [1.165, 1.54) is 6.07 Å². The first-order valence-electron chi connectivity index (χ1n) is 9.41. The second-order valence-electron chi connectivity index (χ2n) is 7.00. The number of nitro groups is 1. The minimum Gasteiger partial charge on any atom is -0.454 e. The monoisotopic (exact) mass is 399 g/mol. The summed E-state index contributed by atoms with van der Waals surface area (Å²) in [4.78, 5) is 19.2. The van der Waals surface area contributed by atoms with Crippen molar-refractivity contribution in [2.75, 3.05) is 6.79 Å². The summed E-state index contributed by atoms with van der Waals surface area (Å²) in [6.07, 6.45) is 0. The quantitative estimate of drug-likeness (QED) is 0.369. The Labute approximate surface area is 172 Å². The summed E-state index contributed by atoms with van der Waals surface area (Å²) in [6.45, 7) is 2.12. The molecule has 7 heteroatoms. The Bertz CT molecular complexity index is 1260. The van der Waals surface area contributed by atoms with Crippen molar-refractivity contribution in [1.29, 1.82) is 0 Å². The Balaban J connectivity index is 1.71. The number of ether oxygens (including phenoxy) is 2. The lowest BCUT2D eigenvalue weighted by Gasteiger charge is -2.07. The molecular weight excluding hydrogens is 382 g/mol. The topological polar surface area (TPSA) is 90.3 Å². The molecule has 0 saturated heterocycles. The Morgan fingerprint density at radius 3 is 2.57 bits per heavy atom. The van der Waals surface area contributed by atoms with Gasteiger partial charge in [0, 0.05) is 28.8 Å². The van der Waals surface area contributed by atoms with Gasteiger partial charge in [0.25, 0.3) is 5.69 Å². The highest BCUT2D eigenvalue weighted by atomic mass is 16.7. The van der Waals surface area contributed by atoms with E-state index in [-0.39, 0.29) is 17.4 Å². The van der Waals surface area contributed by atoms with Crippen LogP contribution in [-0.4, -0.2) is 21.7 Å². The molecule has 0 spiro atoms. The number of nitro benzene ring substituents is 1. The molecule has 3 aromatic carbocycles. The van der Waals surface area contributed by atoms with Gasteiger partial charge >= 0.3 is 0 Å². The normalized spacial score (nSPS) is 12.2. The number of non-ortho nitro benzene ring substituents is 1. The Morgan fingerprint density at radius 1 is 0.967 bits per heavy atom. The maximum Gasteiger partial charge on any atom is 0.270 e. The van der Waals surface area contributed by atoms with Gasteiger partial charge < -0.3 is 14.5 Å². The number of benzene rings is 3. The van der Waals surface area contributed by atoms with Gasteiger partial charge in [-0.2, -0.15) is 0 Å². The Kier molecular flexibility index (Phi) is 4.21. The van der Waals surface area contributed by atoms with Gasteiger partial charge in [-0.25, -0.2) is 4.98 Å². The van der Waals surface area contributed by atoms with Crippen molar-refractivity contribution in [2.45, 2.75) is 6.92 Å². The zero-order valence-corrected chi connectivity index (χ0v) is 16.1. The highest BCUT2D eigenvalue weighted by Gasteiger charge is 2.21. The minimum absolute atomic E-state index is 0.0360. The predicted molar refractivity (Wildman–Crippen MR) is 112 cm³/mol. The number of hydrogen-bond donors (Lipinski definition) is 1. The van der Waals surface area contributed by atoms with Gasteiger partial charge in [-0.3, -0.25) is 10.1 Å². The summed E-state index contributed by atoms with van der Waals surface area (Å²) < 4.78 is 10.9.